The van der Waals surface area contributed by atoms with Crippen LogP contribution in [0.5, 0.6) is 0 Å². The van der Waals surface area contributed by atoms with Crippen LogP contribution in [0.4, 0.5) is 0 Å². The molecule has 0 aliphatic carbocycles. The van der Waals surface area contributed by atoms with Gasteiger partial charge in [0, 0.05) is 6.07 Å². The summed E-state index contributed by atoms with van der Waals surface area (Å²) in [5.41, 5.74) is -0.189. The Bertz CT molecular complexity index is 433. The number of hydrogen-bond acceptors (Lipinski definition) is 4. The van der Waals surface area contributed by atoms with E-state index in [0.717, 1.165) is 0 Å². The minimum atomic E-state index is -0.189. The van der Waals surface area contributed by atoms with Gasteiger partial charge in [-0.05, 0) is 12.1 Å². The SMILES string of the molecule is O=c1ccnnn1Cc1ccco1. The Morgan fingerprint density at radius 3 is 3.08 bits per heavy atom. The molecule has 0 amide bonds. The first kappa shape index (κ1) is 7.72. The van der Waals surface area contributed by atoms with E-state index >= 15 is 0 Å². The number of rotatable bonds is 2. The van der Waals surface area contributed by atoms with Crippen molar-refractivity contribution in [1.82, 2.24) is 15.0 Å². The van der Waals surface area contributed by atoms with Crippen LogP contribution in [0.3, 0.4) is 0 Å². The summed E-state index contributed by atoms with van der Waals surface area (Å²) >= 11 is 0. The average molecular weight is 177 g/mol. The highest BCUT2D eigenvalue weighted by Crippen LogP contribution is 1.99. The van der Waals surface area contributed by atoms with Gasteiger partial charge >= 0.3 is 0 Å². The molecule has 2 rings (SSSR count). The molecular formula is C8H7N3O2. The molecule has 2 heterocycles. The van der Waals surface area contributed by atoms with E-state index in [1.165, 1.54) is 16.9 Å². The van der Waals surface area contributed by atoms with Crippen LogP contribution >= 0.6 is 0 Å². The Morgan fingerprint density at radius 1 is 1.46 bits per heavy atom. The number of nitrogens with zero attached hydrogens (tertiary/aromatic N) is 3. The van der Waals surface area contributed by atoms with Gasteiger partial charge in [-0.1, -0.05) is 5.21 Å². The summed E-state index contributed by atoms with van der Waals surface area (Å²) < 4.78 is 6.30. The highest BCUT2D eigenvalue weighted by Gasteiger charge is 1.99. The lowest BCUT2D eigenvalue weighted by Crippen LogP contribution is -2.22. The number of hydrogen-bond donors (Lipinski definition) is 0. The van der Waals surface area contributed by atoms with Crippen molar-refractivity contribution in [2.24, 2.45) is 0 Å². The molecule has 0 radical (unpaired) electrons. The van der Waals surface area contributed by atoms with Crippen molar-refractivity contribution in [3.63, 3.8) is 0 Å². The third kappa shape index (κ3) is 1.64. The second-order valence-corrected chi connectivity index (χ2v) is 2.50. The first-order valence-corrected chi connectivity index (χ1v) is 3.77. The molecule has 5 heteroatoms. The van der Waals surface area contributed by atoms with Crippen LogP contribution in [0.15, 0.2) is 39.9 Å². The monoisotopic (exact) mass is 177 g/mol. The number of aromatic nitrogens is 3. The molecule has 0 fully saturated rings. The standard InChI is InChI=1S/C8H7N3O2/c12-8-3-4-9-10-11(8)6-7-2-1-5-13-7/h1-5H,6H2. The first-order valence-electron chi connectivity index (χ1n) is 3.77. The fourth-order valence-corrected chi connectivity index (χ4v) is 0.979. The highest BCUT2D eigenvalue weighted by molar-refractivity contribution is 4.98. The second kappa shape index (κ2) is 3.22. The van der Waals surface area contributed by atoms with Crippen LogP contribution in [-0.4, -0.2) is 15.0 Å². The molecule has 2 aromatic rings. The van der Waals surface area contributed by atoms with Gasteiger partial charge in [0.25, 0.3) is 5.56 Å². The third-order valence-corrected chi connectivity index (χ3v) is 1.58. The molecular weight excluding hydrogens is 170 g/mol. The van der Waals surface area contributed by atoms with Crippen molar-refractivity contribution >= 4 is 0 Å². The van der Waals surface area contributed by atoms with Crippen molar-refractivity contribution in [3.8, 4) is 0 Å². The van der Waals surface area contributed by atoms with E-state index in [1.807, 2.05) is 0 Å². The fraction of sp³-hybridized carbons (Fsp3) is 0.125. The van der Waals surface area contributed by atoms with Crippen molar-refractivity contribution in [2.45, 2.75) is 6.54 Å². The van der Waals surface area contributed by atoms with Gasteiger partial charge in [-0.2, -0.15) is 0 Å². The zero-order valence-corrected chi connectivity index (χ0v) is 6.75. The molecule has 0 saturated carbocycles. The second-order valence-electron chi connectivity index (χ2n) is 2.50. The Balaban J connectivity index is 2.29. The van der Waals surface area contributed by atoms with E-state index in [4.69, 9.17) is 4.42 Å². The summed E-state index contributed by atoms with van der Waals surface area (Å²) in [6, 6.07) is 4.90. The maximum atomic E-state index is 11.2. The summed E-state index contributed by atoms with van der Waals surface area (Å²) in [5.74, 6) is 0.683. The minimum Gasteiger partial charge on any atom is -0.467 e. The molecule has 0 aliphatic heterocycles. The predicted molar refractivity (Wildman–Crippen MR) is 44.1 cm³/mol. The largest absolute Gasteiger partial charge is 0.467 e. The molecule has 0 N–H and O–H groups in total. The van der Waals surface area contributed by atoms with E-state index in [9.17, 15) is 4.79 Å². The van der Waals surface area contributed by atoms with E-state index in [0.29, 0.717) is 12.3 Å². The van der Waals surface area contributed by atoms with Gasteiger partial charge in [-0.3, -0.25) is 4.79 Å². The van der Waals surface area contributed by atoms with E-state index in [-0.39, 0.29) is 5.56 Å². The third-order valence-electron chi connectivity index (χ3n) is 1.58. The zero-order valence-electron chi connectivity index (χ0n) is 6.75. The summed E-state index contributed by atoms with van der Waals surface area (Å²) in [6.07, 6.45) is 2.91. The summed E-state index contributed by atoms with van der Waals surface area (Å²) in [4.78, 5) is 11.2. The molecule has 0 saturated heterocycles. The lowest BCUT2D eigenvalue weighted by atomic mass is 10.4. The van der Waals surface area contributed by atoms with Crippen LogP contribution in [0.1, 0.15) is 5.76 Å². The smallest absolute Gasteiger partial charge is 0.270 e. The molecule has 0 aliphatic rings. The number of furan rings is 1. The first-order chi connectivity index (χ1) is 6.36. The van der Waals surface area contributed by atoms with Gasteiger partial charge in [0.15, 0.2) is 0 Å². The summed E-state index contributed by atoms with van der Waals surface area (Å²) in [6.45, 7) is 0.319. The lowest BCUT2D eigenvalue weighted by Gasteiger charge is -1.97. The predicted octanol–water partition coefficient (Wildman–Crippen LogP) is 0.280. The minimum absolute atomic E-state index is 0.189. The zero-order chi connectivity index (χ0) is 9.10. The summed E-state index contributed by atoms with van der Waals surface area (Å²) in [5, 5.41) is 7.24. The van der Waals surface area contributed by atoms with Gasteiger partial charge in [-0.25, -0.2) is 4.68 Å². The molecule has 13 heavy (non-hydrogen) atoms. The summed E-state index contributed by atoms with van der Waals surface area (Å²) in [7, 11) is 0. The molecule has 0 spiro atoms. The molecule has 0 aromatic carbocycles. The van der Waals surface area contributed by atoms with Crippen molar-refractivity contribution in [2.75, 3.05) is 0 Å². The quantitative estimate of drug-likeness (QED) is 0.661. The van der Waals surface area contributed by atoms with Gasteiger partial charge in [-0.15, -0.1) is 5.10 Å². The van der Waals surface area contributed by atoms with Crippen molar-refractivity contribution in [3.05, 3.63) is 46.8 Å². The Labute approximate surface area is 73.6 Å². The molecule has 66 valence electrons. The van der Waals surface area contributed by atoms with Crippen LogP contribution < -0.4 is 5.56 Å². The Morgan fingerprint density at radius 2 is 2.38 bits per heavy atom. The van der Waals surface area contributed by atoms with Crippen molar-refractivity contribution < 1.29 is 4.42 Å². The average Bonchev–Trinajstić information content (AvgIpc) is 2.61. The van der Waals surface area contributed by atoms with E-state index in [1.54, 1.807) is 18.4 Å². The van der Waals surface area contributed by atoms with Gasteiger partial charge in [0.05, 0.1) is 12.5 Å². The van der Waals surface area contributed by atoms with Gasteiger partial charge < -0.3 is 4.42 Å². The normalized spacial score (nSPS) is 10.2. The van der Waals surface area contributed by atoms with Crippen LogP contribution in [0.25, 0.3) is 0 Å². The van der Waals surface area contributed by atoms with Gasteiger partial charge in [0.1, 0.15) is 12.3 Å². The Hall–Kier alpha value is -1.91. The highest BCUT2D eigenvalue weighted by atomic mass is 16.3. The molecule has 0 bridgehead atoms. The topological polar surface area (TPSA) is 60.9 Å². The molecule has 5 nitrogen and oxygen atoms in total. The molecule has 2 aromatic heterocycles. The van der Waals surface area contributed by atoms with E-state index in [2.05, 4.69) is 10.3 Å². The van der Waals surface area contributed by atoms with Crippen LogP contribution in [-0.2, 0) is 6.54 Å². The van der Waals surface area contributed by atoms with Gasteiger partial charge in [0.2, 0.25) is 0 Å². The maximum Gasteiger partial charge on any atom is 0.270 e. The molecule has 0 unspecified atom stereocenters. The van der Waals surface area contributed by atoms with Crippen LogP contribution in [0.2, 0.25) is 0 Å². The maximum absolute atomic E-state index is 11.2. The van der Waals surface area contributed by atoms with E-state index < -0.39 is 0 Å². The molecule has 0 atom stereocenters. The lowest BCUT2D eigenvalue weighted by molar-refractivity contribution is 0.461. The fourth-order valence-electron chi connectivity index (χ4n) is 0.979. The van der Waals surface area contributed by atoms with Crippen LogP contribution in [0, 0.1) is 0 Å². The van der Waals surface area contributed by atoms with Crippen molar-refractivity contribution in [1.29, 1.82) is 0 Å². The Kier molecular flexibility index (Phi) is 1.91.